The molecule has 14 heteroatoms. The molecule has 0 bridgehead atoms. The summed E-state index contributed by atoms with van der Waals surface area (Å²) in [7, 11) is -2.01. The first kappa shape index (κ1) is 30.0. The van der Waals surface area contributed by atoms with E-state index in [9.17, 15) is 45.2 Å². The number of hydrogen-bond acceptors (Lipinski definition) is 5. The van der Waals surface area contributed by atoms with Crippen LogP contribution >= 0.6 is 0 Å². The molecule has 2 unspecified atom stereocenters. The van der Waals surface area contributed by atoms with E-state index in [1.54, 1.807) is 31.2 Å². The van der Waals surface area contributed by atoms with Crippen LogP contribution < -0.4 is 9.62 Å². The number of fused-ring (bicyclic) bond motifs is 1. The SMILES string of the molecule is Cc1ccc(S(=O)N2c3ccc(C(O)(C(F)(F)F)C(F)(F)F)cc3CC[C@H]2CC(=O)NC2COCCC2=O)cc1. The molecule has 0 saturated carbocycles. The average Bonchev–Trinajstić information content (AvgIpc) is 2.88. The number of ether oxygens (including phenoxy) is 1. The van der Waals surface area contributed by atoms with Crippen molar-refractivity contribution in [3.05, 3.63) is 59.2 Å². The number of alkyl halides is 6. The molecule has 1 saturated heterocycles. The molecule has 1 amide bonds. The molecule has 218 valence electrons. The molecule has 40 heavy (non-hydrogen) atoms. The molecule has 0 aromatic heterocycles. The normalized spacial score (nSPS) is 21.1. The lowest BCUT2D eigenvalue weighted by molar-refractivity contribution is -0.376. The van der Waals surface area contributed by atoms with Gasteiger partial charge < -0.3 is 15.2 Å². The van der Waals surface area contributed by atoms with E-state index < -0.39 is 52.5 Å². The first-order chi connectivity index (χ1) is 18.6. The Balaban J connectivity index is 1.71. The molecule has 2 aliphatic rings. The minimum Gasteiger partial charge on any atom is -0.378 e. The zero-order chi connectivity index (χ0) is 29.5. The monoisotopic (exact) mass is 592 g/mol. The summed E-state index contributed by atoms with van der Waals surface area (Å²) in [6.45, 7) is 2.05. The van der Waals surface area contributed by atoms with Crippen LogP contribution in [0.3, 0.4) is 0 Å². The van der Waals surface area contributed by atoms with Gasteiger partial charge in [0.05, 0.1) is 29.8 Å². The summed E-state index contributed by atoms with van der Waals surface area (Å²) >= 11 is 0. The molecule has 0 radical (unpaired) electrons. The van der Waals surface area contributed by atoms with Crippen LogP contribution in [0.25, 0.3) is 0 Å². The van der Waals surface area contributed by atoms with E-state index in [0.29, 0.717) is 17.0 Å². The minimum absolute atomic E-state index is 0.00117. The second-order valence-corrected chi connectivity index (χ2v) is 11.1. The standard InChI is InChI=1S/C26H26F6N2O5S/c1-15-2-7-19(8-3-15)40(38)34-18(13-23(36)33-20-14-39-11-10-22(20)35)6-4-16-12-17(5-9-21(16)34)24(37,25(27,28)29)26(30,31)32/h2-3,5,7-9,12,18,20,37H,4,6,10-11,13-14H2,1H3,(H,33,36)/t18-,20?,40?/m0/s1. The number of halogens is 6. The van der Waals surface area contributed by atoms with Crippen LogP contribution in [0.1, 0.15) is 36.0 Å². The highest BCUT2D eigenvalue weighted by Gasteiger charge is 2.71. The van der Waals surface area contributed by atoms with E-state index in [1.165, 1.54) is 4.31 Å². The lowest BCUT2D eigenvalue weighted by atomic mass is 9.87. The minimum atomic E-state index is -6.06. The van der Waals surface area contributed by atoms with Crippen LogP contribution in [0.15, 0.2) is 47.4 Å². The zero-order valence-corrected chi connectivity index (χ0v) is 22.0. The second kappa shape index (κ2) is 11.1. The number of aryl methyl sites for hydroxylation is 2. The van der Waals surface area contributed by atoms with E-state index in [1.807, 2.05) is 0 Å². The molecule has 2 aromatic carbocycles. The smallest absolute Gasteiger partial charge is 0.378 e. The number of amides is 1. The number of ketones is 1. The maximum atomic E-state index is 13.7. The number of nitrogens with zero attached hydrogens (tertiary/aromatic N) is 1. The number of rotatable bonds is 6. The summed E-state index contributed by atoms with van der Waals surface area (Å²) in [6.07, 6.45) is -12.2. The van der Waals surface area contributed by atoms with Crippen LogP contribution in [0.4, 0.5) is 32.0 Å². The molecule has 4 rings (SSSR count). The van der Waals surface area contributed by atoms with Crippen LogP contribution in [0, 0.1) is 6.92 Å². The zero-order valence-electron chi connectivity index (χ0n) is 21.1. The van der Waals surface area contributed by atoms with Crippen molar-refractivity contribution < 1.29 is 50.0 Å². The Hall–Kier alpha value is -2.97. The molecule has 2 N–H and O–H groups in total. The van der Waals surface area contributed by atoms with Gasteiger partial charge in [0.1, 0.15) is 6.04 Å². The number of anilines is 1. The van der Waals surface area contributed by atoms with E-state index in [2.05, 4.69) is 5.32 Å². The Morgan fingerprint density at radius 3 is 2.33 bits per heavy atom. The van der Waals surface area contributed by atoms with Crippen molar-refractivity contribution >= 4 is 28.4 Å². The van der Waals surface area contributed by atoms with E-state index in [-0.39, 0.29) is 55.9 Å². The van der Waals surface area contributed by atoms with Crippen molar-refractivity contribution in [3.63, 3.8) is 0 Å². The number of hydrogen-bond donors (Lipinski definition) is 2. The topological polar surface area (TPSA) is 95.9 Å². The number of aliphatic hydroxyl groups is 1. The van der Waals surface area contributed by atoms with Crippen LogP contribution in [0.2, 0.25) is 0 Å². The maximum absolute atomic E-state index is 13.7. The Bertz CT molecular complexity index is 1280. The van der Waals surface area contributed by atoms with Crippen molar-refractivity contribution in [1.29, 1.82) is 0 Å². The number of carbonyl (C=O) groups is 2. The number of nitrogens with one attached hydrogen (secondary N) is 1. The summed E-state index contributed by atoms with van der Waals surface area (Å²) in [5.74, 6) is -0.758. The molecule has 2 aliphatic heterocycles. The van der Waals surface area contributed by atoms with Gasteiger partial charge in [-0.15, -0.1) is 0 Å². The second-order valence-electron chi connectivity index (χ2n) is 9.75. The quantitative estimate of drug-likeness (QED) is 0.495. The van der Waals surface area contributed by atoms with Gasteiger partial charge in [0, 0.05) is 18.4 Å². The predicted octanol–water partition coefficient (Wildman–Crippen LogP) is 4.02. The lowest BCUT2D eigenvalue weighted by Gasteiger charge is -2.39. The van der Waals surface area contributed by atoms with Gasteiger partial charge in [-0.2, -0.15) is 26.3 Å². The highest BCUT2D eigenvalue weighted by atomic mass is 32.2. The maximum Gasteiger partial charge on any atom is 0.430 e. The van der Waals surface area contributed by atoms with Gasteiger partial charge in [-0.3, -0.25) is 13.9 Å². The number of Topliss-reactive ketones (excluding diaryl/α,β-unsaturated/α-hetero) is 1. The van der Waals surface area contributed by atoms with Crippen molar-refractivity contribution in [1.82, 2.24) is 5.32 Å². The van der Waals surface area contributed by atoms with E-state index in [4.69, 9.17) is 4.74 Å². The van der Waals surface area contributed by atoms with Gasteiger partial charge in [-0.1, -0.05) is 29.8 Å². The Morgan fingerprint density at radius 1 is 1.07 bits per heavy atom. The first-order valence-corrected chi connectivity index (χ1v) is 13.4. The third-order valence-electron chi connectivity index (χ3n) is 6.96. The van der Waals surface area contributed by atoms with Gasteiger partial charge >= 0.3 is 12.4 Å². The Morgan fingerprint density at radius 2 is 1.73 bits per heavy atom. The fraction of sp³-hybridized carbons (Fsp3) is 0.462. The van der Waals surface area contributed by atoms with E-state index in [0.717, 1.165) is 11.6 Å². The summed E-state index contributed by atoms with van der Waals surface area (Å²) in [5, 5.41) is 12.5. The average molecular weight is 593 g/mol. The van der Waals surface area contributed by atoms with Crippen molar-refractivity contribution in [2.75, 3.05) is 17.5 Å². The third kappa shape index (κ3) is 5.75. The molecule has 2 heterocycles. The van der Waals surface area contributed by atoms with Gasteiger partial charge in [-0.25, -0.2) is 4.21 Å². The Kier molecular flexibility index (Phi) is 8.35. The van der Waals surface area contributed by atoms with Gasteiger partial charge in [0.15, 0.2) is 16.8 Å². The molecule has 0 aliphatic carbocycles. The summed E-state index contributed by atoms with van der Waals surface area (Å²) in [4.78, 5) is 25.3. The van der Waals surface area contributed by atoms with Gasteiger partial charge in [-0.05, 0) is 43.5 Å². The summed E-state index contributed by atoms with van der Waals surface area (Å²) < 4.78 is 101. The Labute approximate surface area is 228 Å². The lowest BCUT2D eigenvalue weighted by Crippen LogP contribution is -2.54. The fourth-order valence-electron chi connectivity index (χ4n) is 4.76. The summed E-state index contributed by atoms with van der Waals surface area (Å²) in [6, 6.07) is 6.94. The van der Waals surface area contributed by atoms with Crippen LogP contribution in [-0.4, -0.2) is 58.7 Å². The van der Waals surface area contributed by atoms with Crippen molar-refractivity contribution in [2.45, 2.75) is 67.5 Å². The highest BCUT2D eigenvalue weighted by Crippen LogP contribution is 2.51. The van der Waals surface area contributed by atoms with Crippen LogP contribution in [-0.2, 0) is 37.3 Å². The molecule has 3 atom stereocenters. The first-order valence-electron chi connectivity index (χ1n) is 12.3. The molecule has 7 nitrogen and oxygen atoms in total. The van der Waals surface area contributed by atoms with E-state index >= 15 is 0 Å². The summed E-state index contributed by atoms with van der Waals surface area (Å²) in [5.41, 5.74) is -5.60. The molecule has 0 spiro atoms. The number of carbonyl (C=O) groups excluding carboxylic acids is 2. The molecule has 2 aromatic rings. The number of benzene rings is 2. The predicted molar refractivity (Wildman–Crippen MR) is 132 cm³/mol. The van der Waals surface area contributed by atoms with Crippen molar-refractivity contribution in [3.8, 4) is 0 Å². The van der Waals surface area contributed by atoms with Gasteiger partial charge in [0.25, 0.3) is 5.60 Å². The molecular weight excluding hydrogens is 566 g/mol. The van der Waals surface area contributed by atoms with Crippen LogP contribution in [0.5, 0.6) is 0 Å². The fourth-order valence-corrected chi connectivity index (χ4v) is 6.16. The molecule has 1 fully saturated rings. The largest absolute Gasteiger partial charge is 0.430 e. The molecular formula is C26H26F6N2O5S. The highest BCUT2D eigenvalue weighted by molar-refractivity contribution is 7.86. The van der Waals surface area contributed by atoms with Gasteiger partial charge in [0.2, 0.25) is 5.91 Å². The van der Waals surface area contributed by atoms with Crippen molar-refractivity contribution in [2.24, 2.45) is 0 Å². The third-order valence-corrected chi connectivity index (χ3v) is 8.48.